The number of aromatic amines is 1. The van der Waals surface area contributed by atoms with Crippen LogP contribution in [0, 0.1) is 0 Å². The summed E-state index contributed by atoms with van der Waals surface area (Å²) in [5.41, 5.74) is 2.28. The predicted octanol–water partition coefficient (Wildman–Crippen LogP) is 2.55. The van der Waals surface area contributed by atoms with Crippen LogP contribution in [-0.2, 0) is 15.4 Å². The van der Waals surface area contributed by atoms with Crippen LogP contribution in [0.1, 0.15) is 37.5 Å². The summed E-state index contributed by atoms with van der Waals surface area (Å²) in [5, 5.41) is 0. The molecule has 1 aromatic heterocycles. The van der Waals surface area contributed by atoms with Crippen molar-refractivity contribution in [2.24, 2.45) is 0 Å². The van der Waals surface area contributed by atoms with Crippen molar-refractivity contribution in [2.75, 3.05) is 18.1 Å². The summed E-state index contributed by atoms with van der Waals surface area (Å²) in [4.78, 5) is 26.2. The SMILES string of the molecule is COc1c(C=Cc2ccc(NS(C)(=O)=O)cc2)cc(-n2ccc(=O)[nH]c2=O)cc1C(C)(C)C.O. The Morgan fingerprint density at radius 3 is 2.21 bits per heavy atom. The van der Waals surface area contributed by atoms with Gasteiger partial charge in [-0.05, 0) is 35.2 Å². The molecule has 0 spiro atoms. The van der Waals surface area contributed by atoms with Gasteiger partial charge in [0.25, 0.3) is 5.56 Å². The third kappa shape index (κ3) is 6.46. The molecule has 0 aliphatic heterocycles. The maximum absolute atomic E-state index is 12.4. The highest BCUT2D eigenvalue weighted by molar-refractivity contribution is 7.92. The number of hydrogen-bond acceptors (Lipinski definition) is 5. The average Bonchev–Trinajstić information content (AvgIpc) is 2.71. The Morgan fingerprint density at radius 2 is 1.68 bits per heavy atom. The normalized spacial score (nSPS) is 11.8. The fraction of sp³-hybridized carbons (Fsp3) is 0.250. The molecule has 0 bridgehead atoms. The van der Waals surface area contributed by atoms with Gasteiger partial charge < -0.3 is 10.2 Å². The first-order valence-corrected chi connectivity index (χ1v) is 12.1. The van der Waals surface area contributed by atoms with E-state index in [2.05, 4.69) is 9.71 Å². The highest BCUT2D eigenvalue weighted by Gasteiger charge is 2.22. The lowest BCUT2D eigenvalue weighted by molar-refractivity contribution is 0.396. The first-order valence-electron chi connectivity index (χ1n) is 10.2. The van der Waals surface area contributed by atoms with Crippen molar-refractivity contribution in [2.45, 2.75) is 26.2 Å². The molecule has 34 heavy (non-hydrogen) atoms. The molecular weight excluding hydrogens is 458 g/mol. The van der Waals surface area contributed by atoms with E-state index in [1.807, 2.05) is 45.1 Å². The van der Waals surface area contributed by atoms with Gasteiger partial charge >= 0.3 is 5.69 Å². The maximum atomic E-state index is 12.4. The summed E-state index contributed by atoms with van der Waals surface area (Å²) < 4.78 is 32.3. The molecule has 0 unspecified atom stereocenters. The zero-order valence-electron chi connectivity index (χ0n) is 19.7. The number of aromatic nitrogens is 2. The summed E-state index contributed by atoms with van der Waals surface area (Å²) >= 11 is 0. The zero-order chi connectivity index (χ0) is 24.4. The lowest BCUT2D eigenvalue weighted by Crippen LogP contribution is -2.28. The lowest BCUT2D eigenvalue weighted by Gasteiger charge is -2.25. The Balaban J connectivity index is 0.00000408. The van der Waals surface area contributed by atoms with Crippen molar-refractivity contribution < 1.29 is 18.6 Å². The molecule has 10 heteroatoms. The molecular formula is C24H29N3O6S. The van der Waals surface area contributed by atoms with Gasteiger partial charge in [0.2, 0.25) is 10.0 Å². The van der Waals surface area contributed by atoms with E-state index in [1.54, 1.807) is 31.4 Å². The van der Waals surface area contributed by atoms with Crippen LogP contribution in [0.3, 0.4) is 0 Å². The highest BCUT2D eigenvalue weighted by Crippen LogP contribution is 2.37. The molecule has 0 atom stereocenters. The molecule has 0 saturated heterocycles. The Labute approximate surface area is 198 Å². The second-order valence-corrected chi connectivity index (χ2v) is 10.4. The average molecular weight is 488 g/mol. The number of nitrogens with zero attached hydrogens (tertiary/aromatic N) is 1. The van der Waals surface area contributed by atoms with E-state index in [-0.39, 0.29) is 10.9 Å². The number of hydrogen-bond donors (Lipinski definition) is 2. The molecule has 0 amide bonds. The number of H-pyrrole nitrogens is 1. The van der Waals surface area contributed by atoms with Gasteiger partial charge in [0.05, 0.1) is 19.1 Å². The molecule has 3 aromatic rings. The molecule has 4 N–H and O–H groups in total. The first kappa shape index (κ1) is 26.6. The van der Waals surface area contributed by atoms with Gasteiger partial charge in [-0.25, -0.2) is 13.2 Å². The van der Waals surface area contributed by atoms with E-state index in [4.69, 9.17) is 4.74 Å². The van der Waals surface area contributed by atoms with Crippen molar-refractivity contribution in [1.29, 1.82) is 0 Å². The van der Waals surface area contributed by atoms with Gasteiger partial charge in [-0.1, -0.05) is 45.1 Å². The number of benzene rings is 2. The van der Waals surface area contributed by atoms with Crippen LogP contribution in [-0.4, -0.2) is 36.8 Å². The quantitative estimate of drug-likeness (QED) is 0.514. The molecule has 0 aliphatic carbocycles. The molecule has 0 radical (unpaired) electrons. The summed E-state index contributed by atoms with van der Waals surface area (Å²) in [5.74, 6) is 0.676. The number of sulfonamides is 1. The van der Waals surface area contributed by atoms with E-state index >= 15 is 0 Å². The van der Waals surface area contributed by atoms with Gasteiger partial charge in [-0.15, -0.1) is 0 Å². The van der Waals surface area contributed by atoms with Crippen LogP contribution >= 0.6 is 0 Å². The van der Waals surface area contributed by atoms with Crippen molar-refractivity contribution >= 4 is 27.9 Å². The number of methoxy groups -OCH3 is 1. The smallest absolute Gasteiger partial charge is 0.332 e. The summed E-state index contributed by atoms with van der Waals surface area (Å²) in [7, 11) is -1.75. The first-order chi connectivity index (χ1) is 15.4. The third-order valence-electron chi connectivity index (χ3n) is 4.89. The Bertz CT molecular complexity index is 1410. The fourth-order valence-corrected chi connectivity index (χ4v) is 3.93. The molecule has 9 nitrogen and oxygen atoms in total. The molecule has 182 valence electrons. The van der Waals surface area contributed by atoms with E-state index < -0.39 is 21.3 Å². The second kappa shape index (κ2) is 10.1. The van der Waals surface area contributed by atoms with Crippen LogP contribution < -0.4 is 20.7 Å². The van der Waals surface area contributed by atoms with Crippen LogP contribution in [0.25, 0.3) is 17.8 Å². The van der Waals surface area contributed by atoms with Crippen LogP contribution in [0.4, 0.5) is 5.69 Å². The zero-order valence-corrected chi connectivity index (χ0v) is 20.5. The van der Waals surface area contributed by atoms with Gasteiger partial charge in [0.15, 0.2) is 0 Å². The molecule has 1 heterocycles. The van der Waals surface area contributed by atoms with Crippen LogP contribution in [0.5, 0.6) is 5.75 Å². The van der Waals surface area contributed by atoms with Crippen molar-refractivity contribution in [1.82, 2.24) is 9.55 Å². The Hall–Kier alpha value is -3.63. The maximum Gasteiger partial charge on any atom is 0.332 e. The van der Waals surface area contributed by atoms with Crippen molar-refractivity contribution in [3.8, 4) is 11.4 Å². The number of ether oxygens (including phenoxy) is 1. The minimum absolute atomic E-state index is 0. The van der Waals surface area contributed by atoms with Crippen LogP contribution in [0.15, 0.2) is 58.3 Å². The third-order valence-corrected chi connectivity index (χ3v) is 5.49. The van der Waals surface area contributed by atoms with Gasteiger partial charge in [-0.2, -0.15) is 0 Å². The summed E-state index contributed by atoms with van der Waals surface area (Å²) in [6.07, 6.45) is 6.28. The van der Waals surface area contributed by atoms with E-state index in [0.717, 1.165) is 22.9 Å². The standard InChI is InChI=1S/C24H27N3O5S.H2O/c1-24(2,3)20-15-19(27-13-12-21(28)25-23(27)29)14-17(22(20)32-4)9-6-16-7-10-18(11-8-16)26-33(5,30)31;/h6-15,26H,1-5H3,(H,25,28,29);1H2. The van der Waals surface area contributed by atoms with Crippen molar-refractivity contribution in [3.05, 3.63) is 86.2 Å². The van der Waals surface area contributed by atoms with E-state index in [1.165, 1.54) is 16.8 Å². The van der Waals surface area contributed by atoms with Gasteiger partial charge in [-0.3, -0.25) is 19.1 Å². The Kier molecular flexibility index (Phi) is 7.91. The lowest BCUT2D eigenvalue weighted by atomic mass is 9.84. The largest absolute Gasteiger partial charge is 0.496 e. The number of nitrogens with one attached hydrogen (secondary N) is 2. The minimum atomic E-state index is -3.34. The topological polar surface area (TPSA) is 142 Å². The minimum Gasteiger partial charge on any atom is -0.496 e. The fourth-order valence-electron chi connectivity index (χ4n) is 3.37. The number of anilines is 1. The van der Waals surface area contributed by atoms with E-state index in [0.29, 0.717) is 17.1 Å². The Morgan fingerprint density at radius 1 is 1.03 bits per heavy atom. The van der Waals surface area contributed by atoms with E-state index in [9.17, 15) is 18.0 Å². The van der Waals surface area contributed by atoms with Crippen LogP contribution in [0.2, 0.25) is 0 Å². The summed E-state index contributed by atoms with van der Waals surface area (Å²) in [6.45, 7) is 6.14. The highest BCUT2D eigenvalue weighted by atomic mass is 32.2. The van der Waals surface area contributed by atoms with Gasteiger partial charge in [0.1, 0.15) is 5.75 Å². The number of rotatable bonds is 6. The molecule has 0 aliphatic rings. The molecule has 2 aromatic carbocycles. The molecule has 0 fully saturated rings. The monoisotopic (exact) mass is 487 g/mol. The van der Waals surface area contributed by atoms with Gasteiger partial charge in [0, 0.05) is 29.1 Å². The van der Waals surface area contributed by atoms with Crippen molar-refractivity contribution in [3.63, 3.8) is 0 Å². The predicted molar refractivity (Wildman–Crippen MR) is 135 cm³/mol. The second-order valence-electron chi connectivity index (χ2n) is 8.68. The summed E-state index contributed by atoms with van der Waals surface area (Å²) in [6, 6.07) is 11.9. The molecule has 3 rings (SSSR count). The molecule has 0 saturated carbocycles.